The number of hydrogen-bond acceptors (Lipinski definition) is 7. The molecule has 292 valence electrons. The van der Waals surface area contributed by atoms with Crippen molar-refractivity contribution in [3.8, 4) is 0 Å². The number of carbonyl (C=O) groups is 4. The summed E-state index contributed by atoms with van der Waals surface area (Å²) >= 11 is 0. The van der Waals surface area contributed by atoms with Crippen molar-refractivity contribution in [3.05, 3.63) is 68.8 Å². The molecule has 0 saturated carbocycles. The zero-order chi connectivity index (χ0) is 39.7. The second-order valence-electron chi connectivity index (χ2n) is 15.2. The summed E-state index contributed by atoms with van der Waals surface area (Å²) in [6.45, 7) is 13.8. The molecule has 0 fully saturated rings. The Morgan fingerprint density at radius 1 is 0.927 bits per heavy atom. The van der Waals surface area contributed by atoms with Gasteiger partial charge in [-0.1, -0.05) is 40.0 Å². The molecular weight excluding hydrogens is 699 g/mol. The van der Waals surface area contributed by atoms with Crippen LogP contribution in [0.4, 0.5) is 0 Å². The first-order chi connectivity index (χ1) is 26.2. The number of aliphatic carboxylic acids is 2. The number of carboxylic acids is 2. The summed E-state index contributed by atoms with van der Waals surface area (Å²) in [6.07, 6.45) is 5.40. The zero-order valence-corrected chi connectivity index (χ0v) is 33.0. The number of hydrogen-bond donors (Lipinski definition) is 4. The van der Waals surface area contributed by atoms with Crippen molar-refractivity contribution >= 4 is 56.8 Å². The number of carbonyl (C=O) groups excluding carboxylic acids is 2. The van der Waals surface area contributed by atoms with E-state index in [1.54, 1.807) is 0 Å². The summed E-state index contributed by atoms with van der Waals surface area (Å²) in [6, 6.07) is 6.19. The average molecular weight is 752 g/mol. The van der Waals surface area contributed by atoms with Gasteiger partial charge in [-0.2, -0.15) is 0 Å². The molecule has 2 aliphatic heterocycles. The van der Waals surface area contributed by atoms with Gasteiger partial charge in [0.1, 0.15) is 13.1 Å². The molecule has 8 bridgehead atoms. The van der Waals surface area contributed by atoms with Crippen molar-refractivity contribution in [2.24, 2.45) is 0 Å². The van der Waals surface area contributed by atoms with Crippen LogP contribution in [0, 0.1) is 13.8 Å². The van der Waals surface area contributed by atoms with Crippen LogP contribution in [-0.2, 0) is 25.5 Å². The van der Waals surface area contributed by atoms with Crippen molar-refractivity contribution in [2.45, 2.75) is 118 Å². The number of H-pyrrole nitrogens is 2. The first kappa shape index (κ1) is 39.6. The van der Waals surface area contributed by atoms with E-state index in [-0.39, 0.29) is 43.0 Å². The van der Waals surface area contributed by atoms with Crippen LogP contribution in [0.25, 0.3) is 33.2 Å². The Kier molecular flexibility index (Phi) is 11.8. The predicted octanol–water partition coefficient (Wildman–Crippen LogP) is 8.33. The molecule has 3 atom stereocenters. The summed E-state index contributed by atoms with van der Waals surface area (Å²) in [4.78, 5) is 68.6. The number of amides is 1. The fourth-order valence-corrected chi connectivity index (χ4v) is 8.56. The van der Waals surface area contributed by atoms with Gasteiger partial charge in [0.05, 0.1) is 28.7 Å². The van der Waals surface area contributed by atoms with Gasteiger partial charge in [0.15, 0.2) is 5.78 Å². The van der Waals surface area contributed by atoms with Gasteiger partial charge in [-0.3, -0.25) is 24.2 Å². The van der Waals surface area contributed by atoms with Gasteiger partial charge >= 0.3 is 11.9 Å². The van der Waals surface area contributed by atoms with Crippen LogP contribution in [0.5, 0.6) is 0 Å². The lowest BCUT2D eigenvalue weighted by Crippen LogP contribution is -2.39. The second kappa shape index (κ2) is 16.3. The summed E-state index contributed by atoms with van der Waals surface area (Å²) in [5, 5.41) is 18.8. The van der Waals surface area contributed by atoms with Gasteiger partial charge in [0, 0.05) is 70.2 Å². The largest absolute Gasteiger partial charge is 0.480 e. The third kappa shape index (κ3) is 7.87. The maximum absolute atomic E-state index is 13.7. The first-order valence-corrected chi connectivity index (χ1v) is 19.6. The molecule has 2 unspecified atom stereocenters. The number of allylic oxidation sites excluding steroid dienone is 2. The molecule has 55 heavy (non-hydrogen) atoms. The number of aromatic amines is 2. The summed E-state index contributed by atoms with van der Waals surface area (Å²) in [5.41, 5.74) is 13.1. The predicted molar refractivity (Wildman–Crippen MR) is 212 cm³/mol. The first-order valence-electron chi connectivity index (χ1n) is 19.6. The van der Waals surface area contributed by atoms with E-state index in [2.05, 4.69) is 56.7 Å². The Bertz CT molecular complexity index is 2230. The number of fused-ring (bicyclic) bond motifs is 8. The molecule has 12 heteroatoms. The number of nitrogens with zero attached hydrogens (tertiary/aromatic N) is 3. The monoisotopic (exact) mass is 751 g/mol. The van der Waals surface area contributed by atoms with Crippen molar-refractivity contribution in [1.82, 2.24) is 24.8 Å². The molecule has 0 saturated heterocycles. The molecule has 3 aromatic heterocycles. The third-order valence-electron chi connectivity index (χ3n) is 11.6. The average Bonchev–Trinajstić information content (AvgIpc) is 3.88. The van der Waals surface area contributed by atoms with E-state index in [1.165, 1.54) is 6.42 Å². The maximum Gasteiger partial charge on any atom is 0.323 e. The van der Waals surface area contributed by atoms with Gasteiger partial charge in [0.2, 0.25) is 5.91 Å². The number of rotatable bonds is 15. The smallest absolute Gasteiger partial charge is 0.323 e. The molecule has 4 N–H and O–H groups in total. The highest BCUT2D eigenvalue weighted by atomic mass is 16.5. The van der Waals surface area contributed by atoms with Crippen LogP contribution < -0.4 is 0 Å². The lowest BCUT2D eigenvalue weighted by atomic mass is 9.85. The van der Waals surface area contributed by atoms with Gasteiger partial charge in [-0.05, 0) is 87.4 Å². The van der Waals surface area contributed by atoms with Gasteiger partial charge in [0.25, 0.3) is 0 Å². The van der Waals surface area contributed by atoms with Crippen LogP contribution >= 0.6 is 0 Å². The number of ketones is 1. The van der Waals surface area contributed by atoms with Crippen LogP contribution in [0.15, 0.2) is 18.2 Å². The molecule has 0 spiro atoms. The fraction of sp³-hybridized carbons (Fsp3) is 0.488. The van der Waals surface area contributed by atoms with Crippen LogP contribution in [-0.4, -0.2) is 78.4 Å². The Labute approximate surface area is 321 Å². The molecule has 12 nitrogen and oxygen atoms in total. The molecule has 0 radical (unpaired) electrons. The quantitative estimate of drug-likeness (QED) is 0.111. The minimum atomic E-state index is -1.29. The van der Waals surface area contributed by atoms with E-state index >= 15 is 0 Å². The molecule has 1 amide bonds. The molecule has 3 aromatic rings. The van der Waals surface area contributed by atoms with E-state index in [4.69, 9.17) is 14.7 Å². The standard InChI is InChI=1S/C43H53N5O7/c1-8-10-11-12-15-55-26(7)40-24(5)32-17-31-23(4)28(13-14-37(50)48(20-38(51)52)21-39(53)54)42(46-31)29-16-36(49)41-25(6)33(47-43(29)41)18-34-27(9-2)22(3)30(44-34)19-35(40)45-32/h17-19,23,26,28,45,47H,8-16,20-21H2,1-7H3,(H,51,52)(H,53,54)/t23?,26?,28-/m0/s1. The SMILES string of the molecule is CCCCCCOC(C)c1c(C)c2cc3nc(c4c5[nH]c(cc6nc(cc1[nH]2)C(C)=C6CC)c(C)c5C(=O)C4)[C@@H](CCC(=O)N(CC(=O)O)CC(=O)O)C3C. The third-order valence-corrected chi connectivity index (χ3v) is 11.6. The van der Waals surface area contributed by atoms with E-state index < -0.39 is 30.9 Å². The summed E-state index contributed by atoms with van der Waals surface area (Å²) in [7, 11) is 0. The van der Waals surface area contributed by atoms with Crippen molar-refractivity contribution in [2.75, 3.05) is 19.7 Å². The van der Waals surface area contributed by atoms with Crippen LogP contribution in [0.1, 0.15) is 153 Å². The highest BCUT2D eigenvalue weighted by Crippen LogP contribution is 2.45. The Morgan fingerprint density at radius 2 is 1.62 bits per heavy atom. The zero-order valence-electron chi connectivity index (χ0n) is 33.0. The highest BCUT2D eigenvalue weighted by molar-refractivity contribution is 6.13. The number of Topliss-reactive ketones (excluding diaryl/α,β-unsaturated/α-hetero) is 1. The number of unbranched alkanes of at least 4 members (excludes halogenated alkanes) is 3. The molecule has 0 aromatic carbocycles. The van der Waals surface area contributed by atoms with Crippen LogP contribution in [0.2, 0.25) is 0 Å². The van der Waals surface area contributed by atoms with E-state index in [1.807, 2.05) is 19.9 Å². The number of aryl methyl sites for hydroxylation is 2. The number of aromatic nitrogens is 4. The fourth-order valence-electron chi connectivity index (χ4n) is 8.56. The topological polar surface area (TPSA) is 179 Å². The number of carboxylic acid groups (broad SMARTS) is 2. The lowest BCUT2D eigenvalue weighted by molar-refractivity contribution is -0.149. The second-order valence-corrected chi connectivity index (χ2v) is 15.2. The molecule has 6 rings (SSSR count). The molecule has 5 heterocycles. The minimum Gasteiger partial charge on any atom is -0.480 e. The van der Waals surface area contributed by atoms with E-state index in [9.17, 15) is 29.4 Å². The number of nitrogens with one attached hydrogen (secondary N) is 2. The summed E-state index contributed by atoms with van der Waals surface area (Å²) in [5.74, 6) is -3.63. The van der Waals surface area contributed by atoms with E-state index in [0.717, 1.165) is 103 Å². The van der Waals surface area contributed by atoms with E-state index in [0.29, 0.717) is 17.9 Å². The Balaban J connectivity index is 1.56. The molecular formula is C43H53N5O7. The minimum absolute atomic E-state index is 0.00854. The highest BCUT2D eigenvalue weighted by Gasteiger charge is 2.36. The van der Waals surface area contributed by atoms with Gasteiger partial charge < -0.3 is 29.8 Å². The van der Waals surface area contributed by atoms with Gasteiger partial charge in [-0.15, -0.1) is 0 Å². The lowest BCUT2D eigenvalue weighted by Gasteiger charge is -2.21. The van der Waals surface area contributed by atoms with Crippen LogP contribution in [0.3, 0.4) is 0 Å². The normalized spacial score (nSPS) is 16.9. The molecule has 1 aliphatic carbocycles. The van der Waals surface area contributed by atoms with Gasteiger partial charge in [-0.25, -0.2) is 4.98 Å². The summed E-state index contributed by atoms with van der Waals surface area (Å²) < 4.78 is 6.45. The molecule has 3 aliphatic rings. The van der Waals surface area contributed by atoms with Crippen molar-refractivity contribution < 1.29 is 34.1 Å². The van der Waals surface area contributed by atoms with Crippen molar-refractivity contribution in [1.29, 1.82) is 0 Å². The Morgan fingerprint density at radius 3 is 2.29 bits per heavy atom. The maximum atomic E-state index is 13.7. The van der Waals surface area contributed by atoms with Crippen molar-refractivity contribution in [3.63, 3.8) is 0 Å². The number of ether oxygens (including phenoxy) is 1. The Hall–Kier alpha value is -5.10.